The Balaban J connectivity index is 2.13. The minimum atomic E-state index is -0.599. The summed E-state index contributed by atoms with van der Waals surface area (Å²) in [4.78, 5) is 41.5. The van der Waals surface area contributed by atoms with E-state index in [4.69, 9.17) is 10.5 Å². The van der Waals surface area contributed by atoms with Gasteiger partial charge in [-0.3, -0.25) is 14.4 Å². The molecule has 0 saturated carbocycles. The van der Waals surface area contributed by atoms with Crippen molar-refractivity contribution in [2.75, 3.05) is 20.2 Å². The van der Waals surface area contributed by atoms with Crippen LogP contribution in [0.5, 0.6) is 0 Å². The lowest BCUT2D eigenvalue weighted by atomic mass is 10.00. The van der Waals surface area contributed by atoms with E-state index in [0.717, 1.165) is 6.42 Å². The highest BCUT2D eigenvalue weighted by molar-refractivity contribution is 5.99. The van der Waals surface area contributed by atoms with Crippen molar-refractivity contribution in [3.05, 3.63) is 0 Å². The fourth-order valence-corrected chi connectivity index (χ4v) is 4.13. The number of nitrogens with zero attached hydrogens (tertiary/aromatic N) is 2. The second-order valence-corrected chi connectivity index (χ2v) is 8.04. The maximum atomic E-state index is 12.9. The van der Waals surface area contributed by atoms with Crippen LogP contribution in [0.1, 0.15) is 47.0 Å². The standard InChI is InChI=1S/C19H33N3O4/c1-6-12(4)17(26-5)19(25)22-10-15(23)16-14(22)7-8-21(16)18(24)13(20)9-11(2)3/h11-14,16-17H,6-10,20H2,1-5H3. The van der Waals surface area contributed by atoms with Gasteiger partial charge in [-0.05, 0) is 24.7 Å². The number of carbonyl (C=O) groups is 3. The molecule has 2 saturated heterocycles. The molecule has 5 unspecified atom stereocenters. The van der Waals surface area contributed by atoms with E-state index in [0.29, 0.717) is 25.3 Å². The summed E-state index contributed by atoms with van der Waals surface area (Å²) in [5.74, 6) is -0.0320. The first-order valence-corrected chi connectivity index (χ1v) is 9.64. The summed E-state index contributed by atoms with van der Waals surface area (Å²) < 4.78 is 5.41. The number of fused-ring (bicyclic) bond motifs is 1. The summed E-state index contributed by atoms with van der Waals surface area (Å²) in [7, 11) is 1.53. The first-order valence-electron chi connectivity index (χ1n) is 9.64. The summed E-state index contributed by atoms with van der Waals surface area (Å²) in [6, 6.07) is -1.41. The molecule has 0 bridgehead atoms. The highest BCUT2D eigenvalue weighted by atomic mass is 16.5. The zero-order valence-electron chi connectivity index (χ0n) is 16.6. The number of likely N-dealkylation sites (tertiary alicyclic amines) is 2. The number of hydrogen-bond acceptors (Lipinski definition) is 5. The van der Waals surface area contributed by atoms with Gasteiger partial charge < -0.3 is 20.3 Å². The van der Waals surface area contributed by atoms with E-state index >= 15 is 0 Å². The van der Waals surface area contributed by atoms with Gasteiger partial charge >= 0.3 is 0 Å². The van der Waals surface area contributed by atoms with Crippen molar-refractivity contribution in [1.29, 1.82) is 0 Å². The molecule has 5 atom stereocenters. The second kappa shape index (κ2) is 8.48. The molecule has 0 aromatic heterocycles. The number of rotatable bonds is 7. The van der Waals surface area contributed by atoms with Crippen molar-refractivity contribution in [2.45, 2.75) is 71.2 Å². The largest absolute Gasteiger partial charge is 0.371 e. The van der Waals surface area contributed by atoms with E-state index in [-0.39, 0.29) is 36.1 Å². The van der Waals surface area contributed by atoms with Crippen LogP contribution in [0.3, 0.4) is 0 Å². The summed E-state index contributed by atoms with van der Waals surface area (Å²) in [5.41, 5.74) is 6.05. The third-order valence-corrected chi connectivity index (χ3v) is 5.69. The average molecular weight is 367 g/mol. The zero-order chi connectivity index (χ0) is 19.6. The maximum absolute atomic E-state index is 12.9. The van der Waals surface area contributed by atoms with Crippen LogP contribution in [0.25, 0.3) is 0 Å². The Morgan fingerprint density at radius 1 is 1.23 bits per heavy atom. The normalized spacial score (nSPS) is 26.2. The minimum absolute atomic E-state index is 0.0493. The van der Waals surface area contributed by atoms with Gasteiger partial charge in [0.2, 0.25) is 5.91 Å². The van der Waals surface area contributed by atoms with Gasteiger partial charge in [-0.15, -0.1) is 0 Å². The van der Waals surface area contributed by atoms with Crippen LogP contribution in [0, 0.1) is 11.8 Å². The van der Waals surface area contributed by atoms with Crippen LogP contribution in [-0.2, 0) is 19.1 Å². The van der Waals surface area contributed by atoms with E-state index in [1.165, 1.54) is 7.11 Å². The predicted molar refractivity (Wildman–Crippen MR) is 98.3 cm³/mol. The SMILES string of the molecule is CCC(C)C(OC)C(=O)N1CC(=O)C2C1CCN2C(=O)C(N)CC(C)C. The summed E-state index contributed by atoms with van der Waals surface area (Å²) in [5, 5.41) is 0. The molecule has 2 aliphatic heterocycles. The molecule has 0 aromatic carbocycles. The molecule has 148 valence electrons. The van der Waals surface area contributed by atoms with Gasteiger partial charge in [-0.2, -0.15) is 0 Å². The van der Waals surface area contributed by atoms with Gasteiger partial charge in [0.1, 0.15) is 12.1 Å². The number of nitrogens with two attached hydrogens (primary N) is 1. The topological polar surface area (TPSA) is 92.9 Å². The Hall–Kier alpha value is -1.47. The first-order chi connectivity index (χ1) is 12.2. The van der Waals surface area contributed by atoms with Gasteiger partial charge in [0.05, 0.1) is 18.6 Å². The number of carbonyl (C=O) groups excluding carboxylic acids is 3. The molecule has 2 aliphatic rings. The van der Waals surface area contributed by atoms with E-state index < -0.39 is 18.2 Å². The molecule has 26 heavy (non-hydrogen) atoms. The number of methoxy groups -OCH3 is 1. The van der Waals surface area contributed by atoms with Gasteiger partial charge in [0, 0.05) is 13.7 Å². The minimum Gasteiger partial charge on any atom is -0.371 e. The number of ketones is 1. The molecule has 0 aromatic rings. The fraction of sp³-hybridized carbons (Fsp3) is 0.842. The molecule has 2 rings (SSSR count). The van der Waals surface area contributed by atoms with E-state index in [1.807, 2.05) is 27.7 Å². The number of Topliss-reactive ketones (excluding diaryl/α,β-unsaturated/α-hetero) is 1. The Bertz CT molecular complexity index is 551. The number of ether oxygens (including phenoxy) is 1. The molecule has 7 heteroatoms. The van der Waals surface area contributed by atoms with Crippen molar-refractivity contribution < 1.29 is 19.1 Å². The highest BCUT2D eigenvalue weighted by Crippen LogP contribution is 2.32. The third-order valence-electron chi connectivity index (χ3n) is 5.69. The van der Waals surface area contributed by atoms with E-state index in [9.17, 15) is 14.4 Å². The molecule has 2 fully saturated rings. The lowest BCUT2D eigenvalue weighted by Crippen LogP contribution is -2.50. The van der Waals surface area contributed by atoms with Crippen LogP contribution in [-0.4, -0.2) is 71.8 Å². The Morgan fingerprint density at radius 3 is 2.42 bits per heavy atom. The summed E-state index contributed by atoms with van der Waals surface area (Å²) in [6.45, 7) is 8.52. The van der Waals surface area contributed by atoms with Crippen molar-refractivity contribution in [2.24, 2.45) is 17.6 Å². The zero-order valence-corrected chi connectivity index (χ0v) is 16.6. The van der Waals surface area contributed by atoms with Crippen molar-refractivity contribution in [3.63, 3.8) is 0 Å². The van der Waals surface area contributed by atoms with Crippen molar-refractivity contribution in [3.8, 4) is 0 Å². The van der Waals surface area contributed by atoms with Crippen LogP contribution in [0.2, 0.25) is 0 Å². The van der Waals surface area contributed by atoms with Crippen LogP contribution in [0.4, 0.5) is 0 Å². The highest BCUT2D eigenvalue weighted by Gasteiger charge is 2.52. The van der Waals surface area contributed by atoms with E-state index in [2.05, 4.69) is 0 Å². The first kappa shape index (κ1) is 20.8. The van der Waals surface area contributed by atoms with Crippen LogP contribution in [0.15, 0.2) is 0 Å². The third kappa shape index (κ3) is 3.93. The Morgan fingerprint density at radius 2 is 1.88 bits per heavy atom. The van der Waals surface area contributed by atoms with Gasteiger partial charge in [-0.1, -0.05) is 34.1 Å². The Kier molecular flexibility index (Phi) is 6.80. The molecule has 0 spiro atoms. The summed E-state index contributed by atoms with van der Waals surface area (Å²) >= 11 is 0. The lowest BCUT2D eigenvalue weighted by molar-refractivity contribution is -0.146. The molecule has 2 amide bonds. The molecular weight excluding hydrogens is 334 g/mol. The van der Waals surface area contributed by atoms with E-state index in [1.54, 1.807) is 9.80 Å². The molecule has 2 heterocycles. The van der Waals surface area contributed by atoms with Crippen molar-refractivity contribution >= 4 is 17.6 Å². The molecular formula is C19H33N3O4. The molecule has 0 aliphatic carbocycles. The van der Waals surface area contributed by atoms with Gasteiger partial charge in [0.25, 0.3) is 5.91 Å². The van der Waals surface area contributed by atoms with Gasteiger partial charge in [-0.25, -0.2) is 0 Å². The fourth-order valence-electron chi connectivity index (χ4n) is 4.13. The lowest BCUT2D eigenvalue weighted by Gasteiger charge is -2.30. The molecule has 7 nitrogen and oxygen atoms in total. The average Bonchev–Trinajstić information content (AvgIpc) is 3.15. The second-order valence-electron chi connectivity index (χ2n) is 8.04. The summed E-state index contributed by atoms with van der Waals surface area (Å²) in [6.07, 6.45) is 1.46. The monoisotopic (exact) mass is 367 g/mol. The quantitative estimate of drug-likeness (QED) is 0.718. The number of hydrogen-bond donors (Lipinski definition) is 1. The van der Waals surface area contributed by atoms with Crippen LogP contribution >= 0.6 is 0 Å². The smallest absolute Gasteiger partial charge is 0.252 e. The Labute approximate surface area is 156 Å². The molecule has 0 radical (unpaired) electrons. The van der Waals surface area contributed by atoms with Crippen molar-refractivity contribution in [1.82, 2.24) is 9.80 Å². The maximum Gasteiger partial charge on any atom is 0.252 e. The molecule has 2 N–H and O–H groups in total. The van der Waals surface area contributed by atoms with Gasteiger partial charge in [0.15, 0.2) is 5.78 Å². The predicted octanol–water partition coefficient (Wildman–Crippen LogP) is 0.802. The van der Waals surface area contributed by atoms with Crippen LogP contribution < -0.4 is 5.73 Å². The number of amides is 2.